The fourth-order valence-electron chi connectivity index (χ4n) is 3.24. The van der Waals surface area contributed by atoms with E-state index in [1.807, 2.05) is 24.3 Å². The number of aryl methyl sites for hydroxylation is 1. The second-order valence-corrected chi connectivity index (χ2v) is 9.52. The van der Waals surface area contributed by atoms with Gasteiger partial charge in [-0.05, 0) is 67.7 Å². The fourth-order valence-corrected chi connectivity index (χ4v) is 5.52. The summed E-state index contributed by atoms with van der Waals surface area (Å²) in [4.78, 5) is 38.8. The molecular formula is C21H23ClN2O4S2. The Bertz CT molecular complexity index is 928. The predicted molar refractivity (Wildman–Crippen MR) is 121 cm³/mol. The maximum absolute atomic E-state index is 12.6. The molecule has 1 heterocycles. The van der Waals surface area contributed by atoms with E-state index in [-0.39, 0.29) is 5.91 Å². The average molecular weight is 467 g/mol. The minimum atomic E-state index is -0.813. The maximum atomic E-state index is 12.6. The molecule has 0 fully saturated rings. The van der Waals surface area contributed by atoms with Crippen LogP contribution >= 0.6 is 34.7 Å². The number of thiophene rings is 1. The Kier molecular flexibility index (Phi) is 8.18. The van der Waals surface area contributed by atoms with Crippen LogP contribution in [-0.4, -0.2) is 30.8 Å². The summed E-state index contributed by atoms with van der Waals surface area (Å²) in [5.74, 6) is 0.123. The number of alkyl carbamates (subject to hydrolysis) is 1. The summed E-state index contributed by atoms with van der Waals surface area (Å²) in [6, 6.07) is 7.59. The highest BCUT2D eigenvalue weighted by molar-refractivity contribution is 7.99. The molecule has 0 unspecified atom stereocenters. The van der Waals surface area contributed by atoms with Crippen LogP contribution in [0.25, 0.3) is 0 Å². The van der Waals surface area contributed by atoms with Crippen molar-refractivity contribution in [1.29, 1.82) is 0 Å². The first kappa shape index (κ1) is 22.7. The van der Waals surface area contributed by atoms with Gasteiger partial charge in [-0.2, -0.15) is 0 Å². The van der Waals surface area contributed by atoms with Crippen molar-refractivity contribution in [2.24, 2.45) is 0 Å². The van der Waals surface area contributed by atoms with E-state index >= 15 is 0 Å². The zero-order valence-corrected chi connectivity index (χ0v) is 19.0. The molecule has 0 aliphatic heterocycles. The Morgan fingerprint density at radius 1 is 1.17 bits per heavy atom. The number of hydrogen-bond acceptors (Lipinski definition) is 6. The molecule has 1 aromatic carbocycles. The number of halogens is 1. The van der Waals surface area contributed by atoms with E-state index < -0.39 is 12.0 Å². The van der Waals surface area contributed by atoms with Crippen molar-refractivity contribution in [3.05, 3.63) is 45.3 Å². The molecule has 9 heteroatoms. The average Bonchev–Trinajstić information content (AvgIpc) is 3.10. The monoisotopic (exact) mass is 466 g/mol. The Morgan fingerprint density at radius 2 is 1.90 bits per heavy atom. The molecule has 0 radical (unpaired) electrons. The van der Waals surface area contributed by atoms with Crippen LogP contribution in [0.3, 0.4) is 0 Å². The molecule has 0 saturated heterocycles. The van der Waals surface area contributed by atoms with Gasteiger partial charge in [0.1, 0.15) is 5.00 Å². The zero-order valence-electron chi connectivity index (χ0n) is 16.6. The van der Waals surface area contributed by atoms with Gasteiger partial charge in [-0.25, -0.2) is 4.79 Å². The molecule has 1 aromatic heterocycles. The third-order valence-corrected chi connectivity index (χ3v) is 7.24. The lowest BCUT2D eigenvalue weighted by Gasteiger charge is -2.12. The van der Waals surface area contributed by atoms with Crippen molar-refractivity contribution >= 4 is 57.6 Å². The molecule has 0 saturated carbocycles. The lowest BCUT2D eigenvalue weighted by Crippen LogP contribution is -2.31. The first-order valence-corrected chi connectivity index (χ1v) is 11.9. The summed E-state index contributed by atoms with van der Waals surface area (Å²) in [5.41, 5.74) is 1.32. The summed E-state index contributed by atoms with van der Waals surface area (Å²) in [6.07, 6.45) is 3.93. The normalized spacial score (nSPS) is 12.7. The van der Waals surface area contributed by atoms with Crippen molar-refractivity contribution in [3.63, 3.8) is 0 Å². The van der Waals surface area contributed by atoms with E-state index in [1.54, 1.807) is 11.8 Å². The zero-order chi connectivity index (χ0) is 21.5. The van der Waals surface area contributed by atoms with Gasteiger partial charge in [0, 0.05) is 21.2 Å². The van der Waals surface area contributed by atoms with Crippen LogP contribution in [0.1, 0.15) is 46.5 Å². The largest absolute Gasteiger partial charge is 0.453 e. The molecule has 30 heavy (non-hydrogen) atoms. The lowest BCUT2D eigenvalue weighted by molar-refractivity contribution is -0.116. The van der Waals surface area contributed by atoms with Crippen molar-refractivity contribution < 1.29 is 19.1 Å². The van der Waals surface area contributed by atoms with Gasteiger partial charge in [0.25, 0.3) is 5.91 Å². The van der Waals surface area contributed by atoms with E-state index in [0.29, 0.717) is 28.4 Å². The molecule has 3 amide bonds. The third kappa shape index (κ3) is 6.00. The van der Waals surface area contributed by atoms with E-state index in [9.17, 15) is 14.4 Å². The number of benzene rings is 1. The molecule has 1 aliphatic carbocycles. The Morgan fingerprint density at radius 3 is 2.63 bits per heavy atom. The fraction of sp³-hybridized carbons (Fsp3) is 0.381. The number of nitrogens with one attached hydrogen (secondary N) is 2. The van der Waals surface area contributed by atoms with Gasteiger partial charge >= 0.3 is 6.09 Å². The summed E-state index contributed by atoms with van der Waals surface area (Å²) in [7, 11) is 1.20. The number of anilines is 1. The third-order valence-electron chi connectivity index (χ3n) is 4.68. The van der Waals surface area contributed by atoms with Crippen LogP contribution in [0, 0.1) is 0 Å². The van der Waals surface area contributed by atoms with Gasteiger partial charge in [-0.3, -0.25) is 14.9 Å². The van der Waals surface area contributed by atoms with Crippen molar-refractivity contribution in [3.8, 4) is 0 Å². The van der Waals surface area contributed by atoms with E-state index in [4.69, 9.17) is 11.6 Å². The van der Waals surface area contributed by atoms with E-state index in [2.05, 4.69) is 15.4 Å². The summed E-state index contributed by atoms with van der Waals surface area (Å²) in [5, 5.41) is 6.31. The number of imide groups is 1. The minimum Gasteiger partial charge on any atom is -0.453 e. The lowest BCUT2D eigenvalue weighted by atomic mass is 9.95. The van der Waals surface area contributed by atoms with Crippen molar-refractivity contribution in [2.75, 3.05) is 18.2 Å². The smallest absolute Gasteiger partial charge is 0.413 e. The molecule has 2 aromatic rings. The SMILES string of the molecule is COC(=O)NC(=O)c1c(NC(=O)CCCSc2ccc(Cl)cc2)sc2c1CCCC2. The van der Waals surface area contributed by atoms with Crippen LogP contribution in [0.2, 0.25) is 5.02 Å². The number of fused-ring (bicyclic) bond motifs is 1. The molecule has 0 spiro atoms. The number of thioether (sulfide) groups is 1. The van der Waals surface area contributed by atoms with Gasteiger partial charge in [-0.15, -0.1) is 23.1 Å². The molecule has 0 atom stereocenters. The molecule has 1 aliphatic rings. The van der Waals surface area contributed by atoms with Crippen molar-refractivity contribution in [1.82, 2.24) is 5.32 Å². The predicted octanol–water partition coefficient (Wildman–Crippen LogP) is 5.29. The van der Waals surface area contributed by atoms with E-state index in [0.717, 1.165) is 46.8 Å². The highest BCUT2D eigenvalue weighted by atomic mass is 35.5. The molecule has 2 N–H and O–H groups in total. The highest BCUT2D eigenvalue weighted by Gasteiger charge is 2.27. The second kappa shape index (κ2) is 10.8. The van der Waals surface area contributed by atoms with Crippen LogP contribution in [0.15, 0.2) is 29.2 Å². The van der Waals surface area contributed by atoms with Crippen LogP contribution in [-0.2, 0) is 22.4 Å². The van der Waals surface area contributed by atoms with Crippen LogP contribution in [0.4, 0.5) is 9.80 Å². The molecule has 6 nitrogen and oxygen atoms in total. The van der Waals surface area contributed by atoms with Gasteiger partial charge in [0.15, 0.2) is 0 Å². The van der Waals surface area contributed by atoms with Gasteiger partial charge in [0.05, 0.1) is 12.7 Å². The van der Waals surface area contributed by atoms with Gasteiger partial charge in [-0.1, -0.05) is 11.6 Å². The van der Waals surface area contributed by atoms with E-state index in [1.165, 1.54) is 18.4 Å². The first-order valence-electron chi connectivity index (χ1n) is 9.70. The number of carbonyl (C=O) groups excluding carboxylic acids is 3. The Labute approximate surface area is 188 Å². The summed E-state index contributed by atoms with van der Waals surface area (Å²) >= 11 is 8.98. The topological polar surface area (TPSA) is 84.5 Å². The molecule has 3 rings (SSSR count). The molecule has 0 bridgehead atoms. The molecule has 160 valence electrons. The second-order valence-electron chi connectivity index (χ2n) is 6.81. The van der Waals surface area contributed by atoms with Crippen LogP contribution in [0.5, 0.6) is 0 Å². The van der Waals surface area contributed by atoms with Crippen molar-refractivity contribution in [2.45, 2.75) is 43.4 Å². The summed E-state index contributed by atoms with van der Waals surface area (Å²) < 4.78 is 4.53. The number of hydrogen-bond donors (Lipinski definition) is 2. The number of rotatable bonds is 7. The van der Waals surface area contributed by atoms with Gasteiger partial charge < -0.3 is 10.1 Å². The Hall–Kier alpha value is -2.03. The number of methoxy groups -OCH3 is 1. The summed E-state index contributed by atoms with van der Waals surface area (Å²) in [6.45, 7) is 0. The van der Waals surface area contributed by atoms with Crippen LogP contribution < -0.4 is 10.6 Å². The molecular weight excluding hydrogens is 444 g/mol. The number of carbonyl (C=O) groups is 3. The standard InChI is InChI=1S/C21H23ClN2O4S2/c1-28-21(27)24-19(26)18-15-5-2-3-6-16(15)30-20(18)23-17(25)7-4-12-29-14-10-8-13(22)9-11-14/h8-11H,2-7,12H2,1H3,(H,23,25)(H,24,26,27). The maximum Gasteiger partial charge on any atom is 0.413 e. The highest BCUT2D eigenvalue weighted by Crippen LogP contribution is 2.38. The van der Waals surface area contributed by atoms with Gasteiger partial charge in [0.2, 0.25) is 5.91 Å². The number of ether oxygens (including phenoxy) is 1. The minimum absolute atomic E-state index is 0.141. The number of amides is 3. The quantitative estimate of drug-likeness (QED) is 0.428. The first-order chi connectivity index (χ1) is 14.5. The Balaban J connectivity index is 1.59.